The molecule has 1 aromatic heterocycles. The zero-order valence-corrected chi connectivity index (χ0v) is 18.3. The molecule has 0 bridgehead atoms. The van der Waals surface area contributed by atoms with Gasteiger partial charge in [-0.25, -0.2) is 9.37 Å². The van der Waals surface area contributed by atoms with Crippen LogP contribution in [-0.2, 0) is 11.2 Å². The van der Waals surface area contributed by atoms with E-state index in [1.807, 2.05) is 24.3 Å². The molecule has 1 heterocycles. The second-order valence-electron chi connectivity index (χ2n) is 6.53. The summed E-state index contributed by atoms with van der Waals surface area (Å²) in [5.74, 6) is -0.853. The topological polar surface area (TPSA) is 59.1 Å². The molecule has 1 N–H and O–H groups in total. The Morgan fingerprint density at radius 1 is 1.07 bits per heavy atom. The van der Waals surface area contributed by atoms with Crippen LogP contribution in [0.5, 0.6) is 0 Å². The Morgan fingerprint density at radius 3 is 2.41 bits per heavy atom. The molecule has 0 atom stereocenters. The first-order chi connectivity index (χ1) is 14.0. The van der Waals surface area contributed by atoms with E-state index < -0.39 is 5.82 Å². The van der Waals surface area contributed by atoms with Gasteiger partial charge in [-0.3, -0.25) is 9.59 Å². The van der Waals surface area contributed by atoms with E-state index in [2.05, 4.69) is 33.2 Å². The summed E-state index contributed by atoms with van der Waals surface area (Å²) in [6.07, 6.45) is 1.96. The number of rotatable bonds is 8. The number of aryl methyl sites for hydroxylation is 1. The Kier molecular flexibility index (Phi) is 7.28. The Morgan fingerprint density at radius 2 is 1.76 bits per heavy atom. The molecule has 0 aliphatic carbocycles. The van der Waals surface area contributed by atoms with E-state index in [9.17, 15) is 14.0 Å². The number of carbonyl (C=O) groups excluding carboxylic acids is 2. The minimum absolute atomic E-state index is 0.0481. The van der Waals surface area contributed by atoms with Gasteiger partial charge in [0.2, 0.25) is 5.91 Å². The molecule has 3 aromatic rings. The minimum atomic E-state index is -0.396. The van der Waals surface area contributed by atoms with Crippen LogP contribution in [0.25, 0.3) is 11.3 Å². The number of carbonyl (C=O) groups is 2. The predicted octanol–water partition coefficient (Wildman–Crippen LogP) is 6.27. The maximum absolute atomic E-state index is 13.0. The van der Waals surface area contributed by atoms with Gasteiger partial charge in [-0.2, -0.15) is 0 Å². The zero-order chi connectivity index (χ0) is 20.8. The lowest BCUT2D eigenvalue weighted by Crippen LogP contribution is -2.13. The lowest BCUT2D eigenvalue weighted by Gasteiger charge is -2.02. The number of ketones is 1. The third-order valence-electron chi connectivity index (χ3n) is 4.28. The summed E-state index contributed by atoms with van der Waals surface area (Å²) in [5.41, 5.74) is 2.28. The molecule has 7 heteroatoms. The number of Topliss-reactive ketones (excluding diaryl/α,β-unsaturated/α-hetero) is 1. The summed E-state index contributed by atoms with van der Waals surface area (Å²) >= 11 is 4.90. The average molecular weight is 475 g/mol. The molecule has 2 aromatic carbocycles. The molecular weight excluding hydrogens is 455 g/mol. The van der Waals surface area contributed by atoms with Gasteiger partial charge in [0, 0.05) is 33.3 Å². The lowest BCUT2D eigenvalue weighted by atomic mass is 10.1. The number of hydrogen-bond donors (Lipinski definition) is 1. The van der Waals surface area contributed by atoms with Crippen LogP contribution < -0.4 is 5.32 Å². The molecule has 3 rings (SSSR count). The second kappa shape index (κ2) is 9.89. The number of nitrogens with one attached hydrogen (secondary N) is 1. The third kappa shape index (κ3) is 5.81. The van der Waals surface area contributed by atoms with Crippen LogP contribution in [-0.4, -0.2) is 16.7 Å². The molecule has 0 aliphatic heterocycles. The smallest absolute Gasteiger partial charge is 0.226 e. The van der Waals surface area contributed by atoms with E-state index in [1.54, 1.807) is 0 Å². The monoisotopic (exact) mass is 474 g/mol. The molecule has 0 aliphatic rings. The van der Waals surface area contributed by atoms with Crippen molar-refractivity contribution in [2.75, 3.05) is 5.32 Å². The lowest BCUT2D eigenvalue weighted by molar-refractivity contribution is -0.116. The maximum atomic E-state index is 13.0. The number of nitrogens with zero attached hydrogens (tertiary/aromatic N) is 1. The van der Waals surface area contributed by atoms with Gasteiger partial charge < -0.3 is 5.32 Å². The predicted molar refractivity (Wildman–Crippen MR) is 118 cm³/mol. The van der Waals surface area contributed by atoms with Crippen LogP contribution in [0.2, 0.25) is 0 Å². The van der Waals surface area contributed by atoms with E-state index in [4.69, 9.17) is 0 Å². The van der Waals surface area contributed by atoms with E-state index in [1.165, 1.54) is 35.6 Å². The maximum Gasteiger partial charge on any atom is 0.226 e. The number of amides is 1. The molecule has 0 fully saturated rings. The largest absolute Gasteiger partial charge is 0.302 e. The first-order valence-corrected chi connectivity index (χ1v) is 10.9. The van der Waals surface area contributed by atoms with E-state index in [0.717, 1.165) is 33.4 Å². The zero-order valence-electron chi connectivity index (χ0n) is 15.9. The van der Waals surface area contributed by atoms with Crippen molar-refractivity contribution in [3.05, 3.63) is 69.3 Å². The van der Waals surface area contributed by atoms with E-state index in [-0.39, 0.29) is 24.5 Å². The normalized spacial score (nSPS) is 10.7. The number of halogens is 2. The molecule has 0 spiro atoms. The van der Waals surface area contributed by atoms with Crippen molar-refractivity contribution < 1.29 is 14.0 Å². The van der Waals surface area contributed by atoms with Crippen molar-refractivity contribution in [3.8, 4) is 11.3 Å². The first kappa shape index (κ1) is 21.3. The number of thiazole rings is 1. The molecule has 0 radical (unpaired) electrons. The summed E-state index contributed by atoms with van der Waals surface area (Å²) in [4.78, 5) is 30.2. The van der Waals surface area contributed by atoms with Crippen LogP contribution in [0.4, 0.5) is 9.52 Å². The van der Waals surface area contributed by atoms with Crippen molar-refractivity contribution in [2.45, 2.75) is 32.6 Å². The average Bonchev–Trinajstić information content (AvgIpc) is 3.09. The summed E-state index contributed by atoms with van der Waals surface area (Å²) < 4.78 is 13.9. The number of anilines is 1. The molecule has 29 heavy (non-hydrogen) atoms. The minimum Gasteiger partial charge on any atom is -0.302 e. The highest BCUT2D eigenvalue weighted by Gasteiger charge is 2.15. The highest BCUT2D eigenvalue weighted by atomic mass is 79.9. The van der Waals surface area contributed by atoms with Gasteiger partial charge in [0.05, 0.1) is 5.69 Å². The summed E-state index contributed by atoms with van der Waals surface area (Å²) in [7, 11) is 0. The van der Waals surface area contributed by atoms with Gasteiger partial charge in [0.15, 0.2) is 10.9 Å². The van der Waals surface area contributed by atoms with Gasteiger partial charge in [-0.05, 0) is 42.8 Å². The van der Waals surface area contributed by atoms with Gasteiger partial charge >= 0.3 is 0 Å². The number of hydrogen-bond acceptors (Lipinski definition) is 4. The quantitative estimate of drug-likeness (QED) is 0.391. The Hall–Kier alpha value is -2.38. The van der Waals surface area contributed by atoms with Crippen LogP contribution in [0.1, 0.15) is 41.4 Å². The number of aromatic nitrogens is 1. The van der Waals surface area contributed by atoms with Crippen LogP contribution in [0, 0.1) is 5.82 Å². The van der Waals surface area contributed by atoms with Crippen molar-refractivity contribution in [1.82, 2.24) is 4.98 Å². The van der Waals surface area contributed by atoms with Gasteiger partial charge in [0.1, 0.15) is 5.82 Å². The molecule has 150 valence electrons. The van der Waals surface area contributed by atoms with Crippen LogP contribution in [0.3, 0.4) is 0 Å². The highest BCUT2D eigenvalue weighted by molar-refractivity contribution is 9.10. The fraction of sp³-hybridized carbons (Fsp3) is 0.227. The number of benzene rings is 2. The van der Waals surface area contributed by atoms with Crippen molar-refractivity contribution in [3.63, 3.8) is 0 Å². The summed E-state index contributed by atoms with van der Waals surface area (Å²) in [5, 5.41) is 3.34. The molecule has 0 saturated heterocycles. The first-order valence-electron chi connectivity index (χ1n) is 9.30. The summed E-state index contributed by atoms with van der Waals surface area (Å²) in [6, 6.07) is 13.2. The standard InChI is InChI=1S/C22H20BrFN2O2S/c1-2-3-19-21(15-4-8-16(23)9-5-15)26-22(29-19)25-20(28)13-12-18(27)14-6-10-17(24)11-7-14/h4-11H,2-3,12-13H2,1H3,(H,25,26,28). The third-order valence-corrected chi connectivity index (χ3v) is 5.84. The van der Waals surface area contributed by atoms with Crippen molar-refractivity contribution >= 4 is 44.1 Å². The molecule has 1 amide bonds. The Bertz CT molecular complexity index is 1000. The van der Waals surface area contributed by atoms with Crippen molar-refractivity contribution in [2.24, 2.45) is 0 Å². The van der Waals surface area contributed by atoms with Crippen LogP contribution >= 0.6 is 27.3 Å². The van der Waals surface area contributed by atoms with Crippen LogP contribution in [0.15, 0.2) is 53.0 Å². The van der Waals surface area contributed by atoms with Gasteiger partial charge in [-0.1, -0.05) is 41.4 Å². The van der Waals surface area contributed by atoms with Gasteiger partial charge in [0.25, 0.3) is 0 Å². The molecule has 4 nitrogen and oxygen atoms in total. The Balaban J connectivity index is 1.65. The van der Waals surface area contributed by atoms with E-state index in [0.29, 0.717) is 10.7 Å². The molecular formula is C22H20BrFN2O2S. The fourth-order valence-electron chi connectivity index (χ4n) is 2.82. The highest BCUT2D eigenvalue weighted by Crippen LogP contribution is 2.33. The second-order valence-corrected chi connectivity index (χ2v) is 8.53. The summed E-state index contributed by atoms with van der Waals surface area (Å²) in [6.45, 7) is 2.10. The van der Waals surface area contributed by atoms with Crippen molar-refractivity contribution in [1.29, 1.82) is 0 Å². The fourth-order valence-corrected chi connectivity index (χ4v) is 4.19. The SMILES string of the molecule is CCCc1sc(NC(=O)CCC(=O)c2ccc(F)cc2)nc1-c1ccc(Br)cc1. The molecule has 0 unspecified atom stereocenters. The Labute approximate surface area is 181 Å². The molecule has 0 saturated carbocycles. The van der Waals surface area contributed by atoms with Gasteiger partial charge in [-0.15, -0.1) is 11.3 Å². The van der Waals surface area contributed by atoms with E-state index >= 15 is 0 Å².